The molecule has 1 aliphatic carbocycles. The molecular weight excluding hydrogens is 428 g/mol. The molecule has 0 aromatic heterocycles. The first-order valence-electron chi connectivity index (χ1n) is 11.7. The highest BCUT2D eigenvalue weighted by molar-refractivity contribution is 7.89. The molecule has 8 nitrogen and oxygen atoms in total. The summed E-state index contributed by atoms with van der Waals surface area (Å²) in [5, 5.41) is 5.25. The zero-order valence-corrected chi connectivity index (χ0v) is 19.6. The van der Waals surface area contributed by atoms with Gasteiger partial charge >= 0.3 is 0 Å². The van der Waals surface area contributed by atoms with Crippen LogP contribution in [0.1, 0.15) is 51.0 Å². The summed E-state index contributed by atoms with van der Waals surface area (Å²) in [6, 6.07) is 4.68. The van der Waals surface area contributed by atoms with Gasteiger partial charge in [0.25, 0.3) is 0 Å². The average Bonchev–Trinajstić information content (AvgIpc) is 3.09. The van der Waals surface area contributed by atoms with E-state index in [0.717, 1.165) is 11.3 Å². The Hall–Kier alpha value is -1.97. The van der Waals surface area contributed by atoms with Gasteiger partial charge in [0.2, 0.25) is 21.8 Å². The van der Waals surface area contributed by atoms with E-state index in [9.17, 15) is 18.0 Å². The molecular formula is C23H34N4O4S. The Labute approximate surface area is 190 Å². The maximum Gasteiger partial charge on any atom is 0.241 e. The van der Waals surface area contributed by atoms with Crippen LogP contribution in [0.15, 0.2) is 23.1 Å². The van der Waals surface area contributed by atoms with Crippen molar-refractivity contribution < 1.29 is 18.0 Å². The fourth-order valence-electron chi connectivity index (χ4n) is 5.35. The smallest absolute Gasteiger partial charge is 0.241 e. The minimum absolute atomic E-state index is 0.00147. The molecule has 1 aromatic rings. The van der Waals surface area contributed by atoms with E-state index in [1.54, 1.807) is 17.0 Å². The van der Waals surface area contributed by atoms with Gasteiger partial charge in [-0.15, -0.1) is 0 Å². The normalized spacial score (nSPS) is 22.8. The van der Waals surface area contributed by atoms with Crippen LogP contribution in [-0.4, -0.2) is 68.8 Å². The summed E-state index contributed by atoms with van der Waals surface area (Å²) in [6.07, 6.45) is 7.41. The van der Waals surface area contributed by atoms with Gasteiger partial charge in [0.1, 0.15) is 0 Å². The molecule has 32 heavy (non-hydrogen) atoms. The highest BCUT2D eigenvalue weighted by Gasteiger charge is 2.33. The van der Waals surface area contributed by atoms with Crippen molar-refractivity contribution in [3.63, 3.8) is 0 Å². The first-order chi connectivity index (χ1) is 15.2. The van der Waals surface area contributed by atoms with Gasteiger partial charge in [-0.25, -0.2) is 13.6 Å². The third-order valence-corrected chi connectivity index (χ3v) is 8.05. The van der Waals surface area contributed by atoms with Crippen molar-refractivity contribution in [2.45, 2.75) is 62.8 Å². The van der Waals surface area contributed by atoms with E-state index < -0.39 is 10.0 Å². The van der Waals surface area contributed by atoms with E-state index in [1.807, 2.05) is 11.8 Å². The number of nitrogens with zero attached hydrogens (tertiary/aromatic N) is 3. The Morgan fingerprint density at radius 3 is 2.38 bits per heavy atom. The van der Waals surface area contributed by atoms with Crippen LogP contribution >= 0.6 is 0 Å². The van der Waals surface area contributed by atoms with Crippen molar-refractivity contribution in [2.24, 2.45) is 11.1 Å². The topological polar surface area (TPSA) is 104 Å². The maximum absolute atomic E-state index is 13.1. The van der Waals surface area contributed by atoms with Crippen molar-refractivity contribution >= 4 is 27.5 Å². The van der Waals surface area contributed by atoms with E-state index >= 15 is 0 Å². The van der Waals surface area contributed by atoms with Gasteiger partial charge in [0, 0.05) is 44.3 Å². The molecule has 4 rings (SSSR count). The number of primary sulfonamides is 1. The lowest BCUT2D eigenvalue weighted by atomic mass is 9.86. The molecule has 1 aromatic carbocycles. The Bertz CT molecular complexity index is 966. The standard InChI is InChI=1S/C23H34N4O4S/c1-17-13-19-15-20(32(24,30)31)7-8-21(19)27(17)23(29)16-25-9-11-26(12-10-25)22(28)14-18-5-3-2-4-6-18/h7-8,15,17-18H,2-6,9-14,16H2,1H3,(H2,24,30,31). The molecule has 0 spiro atoms. The number of sulfonamides is 1. The number of rotatable bonds is 5. The van der Waals surface area contributed by atoms with Crippen LogP contribution in [0, 0.1) is 5.92 Å². The molecule has 1 atom stereocenters. The minimum atomic E-state index is -3.77. The van der Waals surface area contributed by atoms with Crippen LogP contribution in [-0.2, 0) is 26.0 Å². The van der Waals surface area contributed by atoms with Gasteiger partial charge < -0.3 is 9.80 Å². The Morgan fingerprint density at radius 1 is 1.03 bits per heavy atom. The number of amides is 2. The maximum atomic E-state index is 13.1. The molecule has 9 heteroatoms. The predicted molar refractivity (Wildman–Crippen MR) is 123 cm³/mol. The van der Waals surface area contributed by atoms with Crippen LogP contribution in [0.2, 0.25) is 0 Å². The molecule has 0 radical (unpaired) electrons. The first-order valence-corrected chi connectivity index (χ1v) is 13.2. The van der Waals surface area contributed by atoms with Crippen molar-refractivity contribution in [1.29, 1.82) is 0 Å². The molecule has 3 aliphatic rings. The lowest BCUT2D eigenvalue weighted by Crippen LogP contribution is -2.52. The molecule has 2 N–H and O–H groups in total. The van der Waals surface area contributed by atoms with Gasteiger partial charge in [-0.3, -0.25) is 14.5 Å². The van der Waals surface area contributed by atoms with Crippen LogP contribution in [0.5, 0.6) is 0 Å². The third-order valence-electron chi connectivity index (χ3n) is 7.14. The number of carbonyl (C=O) groups is 2. The molecule has 1 saturated carbocycles. The van der Waals surface area contributed by atoms with E-state index in [-0.39, 0.29) is 22.8 Å². The zero-order chi connectivity index (χ0) is 22.9. The molecule has 2 aliphatic heterocycles. The number of hydrogen-bond acceptors (Lipinski definition) is 5. The highest BCUT2D eigenvalue weighted by atomic mass is 32.2. The highest BCUT2D eigenvalue weighted by Crippen LogP contribution is 2.34. The second-order valence-corrected chi connectivity index (χ2v) is 11.1. The molecule has 1 saturated heterocycles. The van der Waals surface area contributed by atoms with E-state index in [0.29, 0.717) is 51.5 Å². The van der Waals surface area contributed by atoms with E-state index in [2.05, 4.69) is 4.90 Å². The predicted octanol–water partition coefficient (Wildman–Crippen LogP) is 1.73. The van der Waals surface area contributed by atoms with Gasteiger partial charge in [-0.1, -0.05) is 19.3 Å². The van der Waals surface area contributed by atoms with Gasteiger partial charge in [0.05, 0.1) is 11.4 Å². The summed E-state index contributed by atoms with van der Waals surface area (Å²) < 4.78 is 23.3. The lowest BCUT2D eigenvalue weighted by Gasteiger charge is -2.36. The van der Waals surface area contributed by atoms with Gasteiger partial charge in [-0.2, -0.15) is 0 Å². The third kappa shape index (κ3) is 5.15. The molecule has 2 heterocycles. The van der Waals surface area contributed by atoms with Crippen molar-refractivity contribution in [1.82, 2.24) is 9.80 Å². The number of fused-ring (bicyclic) bond motifs is 1. The summed E-state index contributed by atoms with van der Waals surface area (Å²) >= 11 is 0. The Balaban J connectivity index is 1.31. The molecule has 2 amide bonds. The minimum Gasteiger partial charge on any atom is -0.340 e. The molecule has 2 fully saturated rings. The summed E-state index contributed by atoms with van der Waals surface area (Å²) in [6.45, 7) is 5.00. The SMILES string of the molecule is CC1Cc2cc(S(N)(=O)=O)ccc2N1C(=O)CN1CCN(C(=O)CC2CCCCC2)CC1. The lowest BCUT2D eigenvalue weighted by molar-refractivity contribution is -0.134. The summed E-state index contributed by atoms with van der Waals surface area (Å²) in [7, 11) is -3.77. The summed E-state index contributed by atoms with van der Waals surface area (Å²) in [5.41, 5.74) is 1.59. The van der Waals surface area contributed by atoms with Crippen LogP contribution in [0.4, 0.5) is 5.69 Å². The average molecular weight is 463 g/mol. The first kappa shape index (κ1) is 23.2. The number of benzene rings is 1. The Kier molecular flexibility index (Phi) is 6.88. The number of hydrogen-bond donors (Lipinski definition) is 1. The second-order valence-electron chi connectivity index (χ2n) is 9.52. The van der Waals surface area contributed by atoms with Crippen LogP contribution < -0.4 is 10.0 Å². The quantitative estimate of drug-likeness (QED) is 0.718. The summed E-state index contributed by atoms with van der Waals surface area (Å²) in [4.78, 5) is 31.7. The van der Waals surface area contributed by atoms with Crippen molar-refractivity contribution in [3.8, 4) is 0 Å². The molecule has 0 bridgehead atoms. The zero-order valence-electron chi connectivity index (χ0n) is 18.8. The van der Waals surface area contributed by atoms with E-state index in [1.165, 1.54) is 38.2 Å². The number of carbonyl (C=O) groups excluding carboxylic acids is 2. The number of anilines is 1. The summed E-state index contributed by atoms with van der Waals surface area (Å²) in [5.74, 6) is 0.805. The fraction of sp³-hybridized carbons (Fsp3) is 0.652. The van der Waals surface area contributed by atoms with Gasteiger partial charge in [-0.05, 0) is 55.9 Å². The number of piperazine rings is 1. The Morgan fingerprint density at radius 2 is 1.72 bits per heavy atom. The van der Waals surface area contributed by atoms with Gasteiger partial charge in [0.15, 0.2) is 0 Å². The molecule has 176 valence electrons. The largest absolute Gasteiger partial charge is 0.340 e. The monoisotopic (exact) mass is 462 g/mol. The fourth-order valence-corrected chi connectivity index (χ4v) is 5.92. The van der Waals surface area contributed by atoms with Crippen LogP contribution in [0.3, 0.4) is 0 Å². The van der Waals surface area contributed by atoms with E-state index in [4.69, 9.17) is 5.14 Å². The number of nitrogens with two attached hydrogens (primary N) is 1. The molecule has 1 unspecified atom stereocenters. The van der Waals surface area contributed by atoms with Crippen molar-refractivity contribution in [3.05, 3.63) is 23.8 Å². The van der Waals surface area contributed by atoms with Crippen molar-refractivity contribution in [2.75, 3.05) is 37.6 Å². The van der Waals surface area contributed by atoms with Crippen LogP contribution in [0.25, 0.3) is 0 Å². The second kappa shape index (κ2) is 9.49.